The van der Waals surface area contributed by atoms with Crippen molar-refractivity contribution in [2.24, 2.45) is 12.8 Å². The number of hydrogen-bond donors (Lipinski definition) is 9. The number of hydrogen-bond acceptors (Lipinski definition) is 15. The van der Waals surface area contributed by atoms with E-state index in [1.807, 2.05) is 66.9 Å². The van der Waals surface area contributed by atoms with Crippen LogP contribution in [0.4, 0.5) is 5.95 Å². The molecule has 0 aliphatic rings. The number of benzene rings is 5. The lowest BCUT2D eigenvalue weighted by Crippen LogP contribution is -2.49. The molecule has 2 heterocycles. The number of anilines is 1. The normalized spacial score (nSPS) is 12.8. The van der Waals surface area contributed by atoms with Gasteiger partial charge in [0.25, 0.3) is 5.91 Å². The fraction of sp³-hybridized carbons (Fsp3) is 0.273. The molecular formula is C55H63N9O12S2. The van der Waals surface area contributed by atoms with Crippen LogP contribution in [0.25, 0.3) is 10.9 Å². The van der Waals surface area contributed by atoms with Gasteiger partial charge in [-0.2, -0.15) is 4.72 Å². The predicted octanol–water partition coefficient (Wildman–Crippen LogP) is 5.00. The van der Waals surface area contributed by atoms with Crippen molar-refractivity contribution in [3.63, 3.8) is 0 Å². The standard InChI is InChI=1S/C55H63N9O12S2/c1-36-29-42(76-28-14-21-48(65)57-24-25-58-52(68)45(56)35-77(70,71)72)30-37(2)50(36)78(73,74)62-46(53(69)75-4)33-60-51(67)44-34-63(3)47-31-38(22-23-43(47)49(44)66)32-61-54-59-26-27-64(54)55(39-15-8-5-9-16-39,40-17-10-6-11-18-40)41-19-12-7-13-20-41/h5-13,15-20,22-23,26-27,29-31,34,45-46,62,70-72H,14,21,24-25,28,32-33,35,56H2,1-4H3,(H,57,65)(H,58,68)(H,59,61)(H,60,67)/t45-,46-/m0/s1. The molecule has 412 valence electrons. The van der Waals surface area contributed by atoms with Gasteiger partial charge in [0.1, 0.15) is 22.9 Å². The summed E-state index contributed by atoms with van der Waals surface area (Å²) in [6.45, 7) is 2.99. The molecule has 0 unspecified atom stereocenters. The summed E-state index contributed by atoms with van der Waals surface area (Å²) in [5.41, 5.74) is 8.89. The van der Waals surface area contributed by atoms with Crippen LogP contribution in [-0.2, 0) is 48.3 Å². The van der Waals surface area contributed by atoms with E-state index in [9.17, 15) is 32.4 Å². The molecule has 10 N–H and O–H groups in total. The van der Waals surface area contributed by atoms with Crippen molar-refractivity contribution in [3.8, 4) is 5.75 Å². The van der Waals surface area contributed by atoms with Crippen LogP contribution in [0.3, 0.4) is 0 Å². The minimum absolute atomic E-state index is 0.00492. The third-order valence-electron chi connectivity index (χ3n) is 12.8. The van der Waals surface area contributed by atoms with Crippen LogP contribution in [0.2, 0.25) is 0 Å². The number of nitrogens with two attached hydrogens (primary N) is 1. The molecule has 2 aromatic heterocycles. The number of sulfonamides is 1. The fourth-order valence-corrected chi connectivity index (χ4v) is 11.5. The van der Waals surface area contributed by atoms with Crippen molar-refractivity contribution >= 4 is 61.4 Å². The Morgan fingerprint density at radius 1 is 0.808 bits per heavy atom. The molecule has 0 saturated heterocycles. The number of aromatic nitrogens is 3. The third kappa shape index (κ3) is 13.8. The summed E-state index contributed by atoms with van der Waals surface area (Å²) in [6.07, 6.45) is 5.43. The molecule has 0 aliphatic carbocycles. The topological polar surface area (TPSA) is 308 Å². The smallest absolute Gasteiger partial charge is 0.325 e. The second kappa shape index (κ2) is 25.5. The number of aryl methyl sites for hydroxylation is 3. The monoisotopic (exact) mass is 1110 g/mol. The van der Waals surface area contributed by atoms with E-state index in [1.54, 1.807) is 29.9 Å². The molecule has 0 fully saturated rings. The highest BCUT2D eigenvalue weighted by Crippen LogP contribution is 2.42. The number of carbonyl (C=O) groups is 4. The fourth-order valence-electron chi connectivity index (χ4n) is 9.26. The van der Waals surface area contributed by atoms with E-state index in [0.717, 1.165) is 29.4 Å². The Morgan fingerprint density at radius 3 is 1.97 bits per heavy atom. The Balaban J connectivity index is 0.974. The van der Waals surface area contributed by atoms with Gasteiger partial charge >= 0.3 is 5.97 Å². The summed E-state index contributed by atoms with van der Waals surface area (Å²) in [7, 11) is -5.61. The Labute approximate surface area is 452 Å². The number of amides is 3. The summed E-state index contributed by atoms with van der Waals surface area (Å²) >= 11 is 0. The van der Waals surface area contributed by atoms with Crippen LogP contribution >= 0.6 is 10.9 Å². The SMILES string of the molecule is COC(=O)[C@H](CNC(=O)c1cn(C)c2cc(CNc3nccn3C(c3ccccc3)(c3ccccc3)c3ccccc3)ccc2c1=O)NS(=O)(=O)c1c(C)cc(OCCCC(=O)NCCNC(=O)[C@@H](N)CS(O)(O)O)cc1C. The molecule has 3 amide bonds. The van der Waals surface area contributed by atoms with Gasteiger partial charge in [0, 0.05) is 63.6 Å². The van der Waals surface area contributed by atoms with Crippen molar-refractivity contribution < 1.29 is 50.7 Å². The molecule has 2 atom stereocenters. The molecule has 21 nitrogen and oxygen atoms in total. The van der Waals surface area contributed by atoms with Crippen LogP contribution < -0.4 is 41.9 Å². The van der Waals surface area contributed by atoms with Gasteiger partial charge in [0.15, 0.2) is 0 Å². The maximum atomic E-state index is 14.0. The molecule has 78 heavy (non-hydrogen) atoms. The van der Waals surface area contributed by atoms with Gasteiger partial charge in [-0.3, -0.25) is 28.5 Å². The quantitative estimate of drug-likeness (QED) is 0.0207. The number of imidazole rings is 1. The highest BCUT2D eigenvalue weighted by molar-refractivity contribution is 8.19. The van der Waals surface area contributed by atoms with Crippen molar-refractivity contribution in [3.05, 3.63) is 189 Å². The van der Waals surface area contributed by atoms with E-state index in [0.29, 0.717) is 23.8 Å². The van der Waals surface area contributed by atoms with E-state index < -0.39 is 74.0 Å². The van der Waals surface area contributed by atoms with Gasteiger partial charge in [-0.1, -0.05) is 97.1 Å². The molecule has 7 rings (SSSR count). The van der Waals surface area contributed by atoms with Crippen LogP contribution in [0.5, 0.6) is 5.75 Å². The Hall–Kier alpha value is -7.90. The lowest BCUT2D eigenvalue weighted by atomic mass is 9.76. The molecule has 23 heteroatoms. The molecule has 0 spiro atoms. The maximum absolute atomic E-state index is 14.0. The van der Waals surface area contributed by atoms with E-state index in [2.05, 4.69) is 67.0 Å². The molecule has 0 aliphatic heterocycles. The third-order valence-corrected chi connectivity index (χ3v) is 15.4. The summed E-state index contributed by atoms with van der Waals surface area (Å²) in [5, 5.41) is 11.3. The number of methoxy groups -OCH3 is 1. The Bertz CT molecular complexity index is 3310. The number of nitrogens with zero attached hydrogens (tertiary/aromatic N) is 3. The molecule has 0 radical (unpaired) electrons. The van der Waals surface area contributed by atoms with Crippen molar-refractivity contribution in [1.82, 2.24) is 34.8 Å². The highest BCUT2D eigenvalue weighted by Gasteiger charge is 2.40. The van der Waals surface area contributed by atoms with Crippen LogP contribution in [0, 0.1) is 13.8 Å². The summed E-state index contributed by atoms with van der Waals surface area (Å²) in [6, 6.07) is 36.0. The molecule has 0 saturated carbocycles. The highest BCUT2D eigenvalue weighted by atomic mass is 32.3. The average molecular weight is 1110 g/mol. The first-order valence-corrected chi connectivity index (χ1v) is 27.9. The number of carbonyl (C=O) groups excluding carboxylic acids is 4. The van der Waals surface area contributed by atoms with Gasteiger partial charge in [0.05, 0.1) is 46.8 Å². The zero-order valence-corrected chi connectivity index (χ0v) is 45.0. The first-order chi connectivity index (χ1) is 37.2. The number of ether oxygens (including phenoxy) is 2. The number of fused-ring (bicyclic) bond motifs is 1. The van der Waals surface area contributed by atoms with E-state index >= 15 is 0 Å². The van der Waals surface area contributed by atoms with Gasteiger partial charge in [-0.15, -0.1) is 0 Å². The first kappa shape index (κ1) is 57.8. The van der Waals surface area contributed by atoms with Gasteiger partial charge in [0.2, 0.25) is 33.2 Å². The van der Waals surface area contributed by atoms with E-state index in [-0.39, 0.29) is 65.4 Å². The predicted molar refractivity (Wildman–Crippen MR) is 297 cm³/mol. The summed E-state index contributed by atoms with van der Waals surface area (Å²) in [4.78, 5) is 69.5. The zero-order valence-electron chi connectivity index (χ0n) is 43.3. The molecule has 7 aromatic rings. The molecule has 5 aromatic carbocycles. The zero-order chi connectivity index (χ0) is 56.2. The average Bonchev–Trinajstić information content (AvgIpc) is 3.98. The second-order valence-corrected chi connectivity index (χ2v) is 21.7. The molecular weight excluding hydrogens is 1040 g/mol. The van der Waals surface area contributed by atoms with Crippen LogP contribution in [0.15, 0.2) is 150 Å². The summed E-state index contributed by atoms with van der Waals surface area (Å²) < 4.78 is 71.8. The van der Waals surface area contributed by atoms with Crippen molar-refractivity contribution in [1.29, 1.82) is 0 Å². The lowest BCUT2D eigenvalue weighted by molar-refractivity contribution is -0.142. The minimum atomic E-state index is -4.44. The number of rotatable bonds is 25. The van der Waals surface area contributed by atoms with E-state index in [1.165, 1.54) is 32.2 Å². The maximum Gasteiger partial charge on any atom is 0.325 e. The van der Waals surface area contributed by atoms with Crippen LogP contribution in [-0.4, -0.2) is 111 Å². The van der Waals surface area contributed by atoms with Crippen LogP contribution in [0.1, 0.15) is 56.6 Å². The Kier molecular flexibility index (Phi) is 18.9. The van der Waals surface area contributed by atoms with Crippen molar-refractivity contribution in [2.45, 2.75) is 55.8 Å². The molecule has 0 bridgehead atoms. The number of nitrogens with one attached hydrogen (secondary N) is 5. The van der Waals surface area contributed by atoms with E-state index in [4.69, 9.17) is 33.8 Å². The van der Waals surface area contributed by atoms with Crippen molar-refractivity contribution in [2.75, 3.05) is 44.4 Å². The van der Waals surface area contributed by atoms with Gasteiger partial charge in [-0.05, 0) is 77.9 Å². The largest absolute Gasteiger partial charge is 0.494 e. The minimum Gasteiger partial charge on any atom is -0.494 e. The summed E-state index contributed by atoms with van der Waals surface area (Å²) in [5.74, 6) is -2.72. The number of pyridine rings is 1. The number of esters is 1. The Morgan fingerprint density at radius 2 is 1.40 bits per heavy atom. The second-order valence-electron chi connectivity index (χ2n) is 18.4. The van der Waals surface area contributed by atoms with Gasteiger partial charge in [-0.25, -0.2) is 13.4 Å². The lowest BCUT2D eigenvalue weighted by Gasteiger charge is -2.38. The first-order valence-electron chi connectivity index (χ1n) is 24.7. The van der Waals surface area contributed by atoms with Gasteiger partial charge < -0.3 is 54.7 Å².